The van der Waals surface area contributed by atoms with E-state index in [9.17, 15) is 20.2 Å². The fourth-order valence-corrected chi connectivity index (χ4v) is 2.71. The maximum atomic E-state index is 10.2. The molecule has 10 heteroatoms. The van der Waals surface area contributed by atoms with Crippen molar-refractivity contribution in [1.29, 1.82) is 0 Å². The van der Waals surface area contributed by atoms with Gasteiger partial charge in [0.1, 0.15) is 0 Å². The number of para-hydroxylation sites is 4. The molecule has 4 aromatic rings. The van der Waals surface area contributed by atoms with Crippen LogP contribution in [0, 0.1) is 47.9 Å². The van der Waals surface area contributed by atoms with E-state index in [-0.39, 0.29) is 45.5 Å². The van der Waals surface area contributed by atoms with Gasteiger partial charge in [-0.15, -0.1) is 0 Å². The lowest BCUT2D eigenvalue weighted by Crippen LogP contribution is -1.89. The largest absolute Gasteiger partial charge is 0.399 e. The molecule has 0 aliphatic rings. The van der Waals surface area contributed by atoms with Crippen LogP contribution in [0.15, 0.2) is 97.1 Å². The smallest absolute Gasteiger partial charge is 0.272 e. The molecule has 0 unspecified atom stereocenters. The van der Waals surface area contributed by atoms with Gasteiger partial charge in [0.05, 0.1) is 9.85 Å². The lowest BCUT2D eigenvalue weighted by atomic mass is 10.2. The first-order chi connectivity index (χ1) is 21.0. The van der Waals surface area contributed by atoms with Crippen molar-refractivity contribution in [2.24, 2.45) is 0 Å². The van der Waals surface area contributed by atoms with Crippen molar-refractivity contribution in [2.45, 2.75) is 90.5 Å². The fourth-order valence-electron chi connectivity index (χ4n) is 2.71. The van der Waals surface area contributed by atoms with Crippen LogP contribution < -0.4 is 11.5 Å². The van der Waals surface area contributed by atoms with Gasteiger partial charge in [-0.2, -0.15) is 0 Å². The Balaban J connectivity index is -0.0000000832. The number of aryl methyl sites for hydroxylation is 4. The summed E-state index contributed by atoms with van der Waals surface area (Å²) in [7, 11) is 0. The quantitative estimate of drug-likeness (QED) is 0.0961. The van der Waals surface area contributed by atoms with Crippen molar-refractivity contribution < 1.29 is 9.85 Å². The van der Waals surface area contributed by atoms with Crippen LogP contribution in [0.4, 0.5) is 22.7 Å². The first-order valence-electron chi connectivity index (χ1n) is 15.1. The third kappa shape index (κ3) is 28.6. The van der Waals surface area contributed by atoms with Crippen LogP contribution in [0.25, 0.3) is 0 Å². The Labute approximate surface area is 290 Å². The van der Waals surface area contributed by atoms with E-state index in [1.54, 1.807) is 50.2 Å². The minimum absolute atomic E-state index is 0. The molecule has 0 aliphatic carbocycles. The topological polar surface area (TPSA) is 138 Å². The maximum absolute atomic E-state index is 10.2. The lowest BCUT2D eigenvalue weighted by molar-refractivity contribution is -0.385. The minimum atomic E-state index is -0.380. The maximum Gasteiger partial charge on any atom is 0.272 e. The molecule has 0 spiro atoms. The summed E-state index contributed by atoms with van der Waals surface area (Å²) in [5.41, 5.74) is 16.8. The monoisotopic (exact) mass is 646 g/mol. The van der Waals surface area contributed by atoms with Crippen LogP contribution in [0.5, 0.6) is 0 Å². The zero-order valence-corrected chi connectivity index (χ0v) is 30.1. The number of hydrogen-bond donors (Lipinski definition) is 2. The van der Waals surface area contributed by atoms with Crippen molar-refractivity contribution in [1.82, 2.24) is 0 Å². The molecule has 4 aromatic carbocycles. The number of rotatable bonds is 2. The molecule has 0 bridgehead atoms. The number of nitrogens with two attached hydrogens (primary N) is 2. The highest BCUT2D eigenvalue weighted by Gasteiger charge is 2.06. The van der Waals surface area contributed by atoms with Gasteiger partial charge in [-0.1, -0.05) is 136 Å². The molecule has 6 radical (unpaired) electrons. The van der Waals surface area contributed by atoms with Gasteiger partial charge in [0.25, 0.3) is 11.4 Å². The van der Waals surface area contributed by atoms with E-state index in [0.717, 1.165) is 22.5 Å². The van der Waals surface area contributed by atoms with Crippen LogP contribution in [0.3, 0.4) is 0 Å². The highest BCUT2D eigenvalue weighted by molar-refractivity contribution is 5.76. The highest BCUT2D eigenvalue weighted by atomic mass is 16.6. The molecule has 47 heavy (non-hydrogen) atoms. The molecular formula is C37H60B2N4O4. The molecule has 0 atom stereocenters. The van der Waals surface area contributed by atoms with Gasteiger partial charge >= 0.3 is 0 Å². The first kappa shape index (κ1) is 58.0. The van der Waals surface area contributed by atoms with E-state index in [2.05, 4.69) is 0 Å². The number of hydrogen-bond acceptors (Lipinski definition) is 6. The molecular weight excluding hydrogens is 586 g/mol. The number of anilines is 2. The Morgan fingerprint density at radius 1 is 0.426 bits per heavy atom. The standard InChI is InChI=1S/2C7H7NO2.2C7H9N.4C2H6.CH4.2B/c2*1-6-4-2-3-5-7(6)8(9)10;2*1-6-4-2-3-5-7(6)8;4*1-2;;;/h2*2-5H,1H3;2*2-5H,8H2,1H3;4*1-2H3;1H4;;. The third-order valence-corrected chi connectivity index (χ3v) is 5.00. The summed E-state index contributed by atoms with van der Waals surface area (Å²) >= 11 is 0. The Morgan fingerprint density at radius 3 is 0.745 bits per heavy atom. The molecule has 258 valence electrons. The Kier molecular flexibility index (Phi) is 48.7. The predicted molar refractivity (Wildman–Crippen MR) is 210 cm³/mol. The highest BCUT2D eigenvalue weighted by Crippen LogP contribution is 2.15. The van der Waals surface area contributed by atoms with Gasteiger partial charge in [0, 0.05) is 51.5 Å². The summed E-state index contributed by atoms with van der Waals surface area (Å²) in [6.45, 7) is 23.4. The van der Waals surface area contributed by atoms with Crippen molar-refractivity contribution in [3.8, 4) is 0 Å². The molecule has 0 aromatic heterocycles. The third-order valence-electron chi connectivity index (χ3n) is 5.00. The number of nitrogens with zero attached hydrogens (tertiary/aromatic N) is 2. The van der Waals surface area contributed by atoms with E-state index >= 15 is 0 Å². The second-order valence-electron chi connectivity index (χ2n) is 7.80. The Morgan fingerprint density at radius 2 is 0.617 bits per heavy atom. The number of nitro groups is 2. The zero-order chi connectivity index (χ0) is 35.1. The minimum Gasteiger partial charge on any atom is -0.399 e. The van der Waals surface area contributed by atoms with Gasteiger partial charge in [0.15, 0.2) is 0 Å². The average Bonchev–Trinajstić information content (AvgIpc) is 3.05. The van der Waals surface area contributed by atoms with Gasteiger partial charge in [-0.3, -0.25) is 20.2 Å². The SMILES string of the molecule is C.CC.CC.CC.CC.Cc1ccccc1N.Cc1ccccc1N.Cc1ccccc1[N+](=O)[O-].Cc1ccccc1[N+](=O)[O-].[B].[B]. The molecule has 0 amide bonds. The van der Waals surface area contributed by atoms with E-state index in [0.29, 0.717) is 11.1 Å². The van der Waals surface area contributed by atoms with E-state index < -0.39 is 0 Å². The summed E-state index contributed by atoms with van der Waals surface area (Å²) in [6.07, 6.45) is 0. The zero-order valence-electron chi connectivity index (χ0n) is 30.1. The normalized spacial score (nSPS) is 7.57. The van der Waals surface area contributed by atoms with Crippen LogP contribution in [0.2, 0.25) is 0 Å². The van der Waals surface area contributed by atoms with Crippen molar-refractivity contribution in [3.05, 3.63) is 140 Å². The van der Waals surface area contributed by atoms with Crippen LogP contribution in [-0.2, 0) is 0 Å². The summed E-state index contributed by atoms with van der Waals surface area (Å²) < 4.78 is 0. The van der Waals surface area contributed by atoms with Gasteiger partial charge in [-0.05, 0) is 51.0 Å². The first-order valence-corrected chi connectivity index (χ1v) is 15.1. The second-order valence-corrected chi connectivity index (χ2v) is 7.80. The summed E-state index contributed by atoms with van der Waals surface area (Å²) in [4.78, 5) is 19.7. The molecule has 0 saturated heterocycles. The predicted octanol–water partition coefficient (Wildman–Crippen LogP) is 10.9. The number of nitro benzene ring substituents is 2. The lowest BCUT2D eigenvalue weighted by Gasteiger charge is -1.93. The Hall–Kier alpha value is -4.59. The molecule has 4 rings (SSSR count). The van der Waals surface area contributed by atoms with Crippen molar-refractivity contribution >= 4 is 39.6 Å². The number of benzene rings is 4. The molecule has 0 fully saturated rings. The van der Waals surface area contributed by atoms with E-state index in [4.69, 9.17) is 11.5 Å². The van der Waals surface area contributed by atoms with Gasteiger partial charge in [0.2, 0.25) is 0 Å². The van der Waals surface area contributed by atoms with Gasteiger partial charge in [-0.25, -0.2) is 0 Å². The van der Waals surface area contributed by atoms with Crippen LogP contribution in [-0.4, -0.2) is 26.7 Å². The van der Waals surface area contributed by atoms with Crippen LogP contribution in [0.1, 0.15) is 85.1 Å². The van der Waals surface area contributed by atoms with Crippen molar-refractivity contribution in [3.63, 3.8) is 0 Å². The summed E-state index contributed by atoms with van der Waals surface area (Å²) in [5.74, 6) is 0. The molecule has 0 heterocycles. The Bertz CT molecular complexity index is 1150. The molecule has 0 saturated carbocycles. The van der Waals surface area contributed by atoms with Crippen molar-refractivity contribution in [2.75, 3.05) is 11.5 Å². The van der Waals surface area contributed by atoms with Crippen LogP contribution >= 0.6 is 0 Å². The molecule has 0 aliphatic heterocycles. The fraction of sp³-hybridized carbons (Fsp3) is 0.351. The average molecular weight is 647 g/mol. The molecule has 4 N–H and O–H groups in total. The van der Waals surface area contributed by atoms with E-state index in [1.165, 1.54) is 12.1 Å². The van der Waals surface area contributed by atoms with E-state index in [1.807, 2.05) is 118 Å². The number of nitrogen functional groups attached to an aromatic ring is 2. The summed E-state index contributed by atoms with van der Waals surface area (Å²) in [5, 5.41) is 20.5. The van der Waals surface area contributed by atoms with Gasteiger partial charge < -0.3 is 11.5 Å². The molecule has 8 nitrogen and oxygen atoms in total. The summed E-state index contributed by atoms with van der Waals surface area (Å²) in [6, 6.07) is 28.9. The second kappa shape index (κ2) is 39.4.